The third-order valence-electron chi connectivity index (χ3n) is 4.62. The molecule has 1 aromatic carbocycles. The van der Waals surface area contributed by atoms with Crippen LogP contribution >= 0.6 is 11.6 Å². The lowest BCUT2D eigenvalue weighted by Crippen LogP contribution is -2.44. The van der Waals surface area contributed by atoms with Crippen LogP contribution in [0, 0.1) is 11.7 Å². The highest BCUT2D eigenvalue weighted by molar-refractivity contribution is 6.31. The highest BCUT2D eigenvalue weighted by atomic mass is 35.5. The van der Waals surface area contributed by atoms with Crippen molar-refractivity contribution in [3.63, 3.8) is 0 Å². The lowest BCUT2D eigenvalue weighted by Gasteiger charge is -2.40. The van der Waals surface area contributed by atoms with Crippen LogP contribution in [-0.2, 0) is 10.4 Å². The van der Waals surface area contributed by atoms with E-state index in [0.717, 1.165) is 19.4 Å². The Bertz CT molecular complexity index is 549. The van der Waals surface area contributed by atoms with Gasteiger partial charge in [-0.2, -0.15) is 0 Å². The van der Waals surface area contributed by atoms with E-state index in [9.17, 15) is 14.3 Å². The number of nitrogens with two attached hydrogens (primary N) is 1. The van der Waals surface area contributed by atoms with E-state index in [4.69, 9.17) is 17.3 Å². The molecule has 1 aliphatic rings. The molecule has 1 aromatic rings. The number of piperidine rings is 1. The van der Waals surface area contributed by atoms with Gasteiger partial charge in [0.15, 0.2) is 0 Å². The minimum absolute atomic E-state index is 0.0181. The minimum atomic E-state index is -1.20. The summed E-state index contributed by atoms with van der Waals surface area (Å²) >= 11 is 6.13. The Labute approximate surface area is 141 Å². The average Bonchev–Trinajstić information content (AvgIpc) is 2.54. The van der Waals surface area contributed by atoms with E-state index < -0.39 is 11.4 Å². The average molecular weight is 343 g/mol. The summed E-state index contributed by atoms with van der Waals surface area (Å²) in [4.78, 5) is 10.9. The van der Waals surface area contributed by atoms with Gasteiger partial charge in [0, 0.05) is 24.4 Å². The van der Waals surface area contributed by atoms with E-state index in [2.05, 4.69) is 5.32 Å². The summed E-state index contributed by atoms with van der Waals surface area (Å²) in [6.45, 7) is 1.59. The van der Waals surface area contributed by atoms with Gasteiger partial charge in [0.1, 0.15) is 5.82 Å². The van der Waals surface area contributed by atoms with E-state index in [1.807, 2.05) is 0 Å². The van der Waals surface area contributed by atoms with Crippen molar-refractivity contribution in [2.24, 2.45) is 11.7 Å². The summed E-state index contributed by atoms with van der Waals surface area (Å²) in [5, 5.41) is 14.6. The molecule has 0 aliphatic carbocycles. The molecule has 0 spiro atoms. The molecular formula is C17H24ClFN2O2. The first-order valence-electron chi connectivity index (χ1n) is 8.11. The number of primary amides is 1. The first-order chi connectivity index (χ1) is 10.9. The monoisotopic (exact) mass is 342 g/mol. The Balaban J connectivity index is 2.22. The quantitative estimate of drug-likeness (QED) is 0.667. The highest BCUT2D eigenvalue weighted by Crippen LogP contribution is 2.42. The number of aliphatic hydroxyl groups is 1. The lowest BCUT2D eigenvalue weighted by atomic mass is 9.74. The Hall–Kier alpha value is -1.17. The molecule has 0 bridgehead atoms. The predicted octanol–water partition coefficient (Wildman–Crippen LogP) is 2.71. The van der Waals surface area contributed by atoms with Crippen molar-refractivity contribution in [3.05, 3.63) is 34.6 Å². The number of rotatable bonds is 7. The normalized spacial score (nSPS) is 20.9. The molecule has 1 fully saturated rings. The molecule has 4 N–H and O–H groups in total. The third kappa shape index (κ3) is 4.43. The maximum Gasteiger partial charge on any atom is 0.217 e. The molecule has 0 radical (unpaired) electrons. The van der Waals surface area contributed by atoms with Crippen molar-refractivity contribution in [2.75, 3.05) is 13.1 Å². The van der Waals surface area contributed by atoms with E-state index in [1.54, 1.807) is 12.1 Å². The number of carbonyl (C=O) groups is 1. The molecule has 0 saturated carbocycles. The molecule has 1 amide bonds. The zero-order valence-corrected chi connectivity index (χ0v) is 13.9. The first-order valence-corrected chi connectivity index (χ1v) is 8.49. The molecule has 0 aromatic heterocycles. The van der Waals surface area contributed by atoms with E-state index in [1.165, 1.54) is 6.07 Å². The van der Waals surface area contributed by atoms with Gasteiger partial charge >= 0.3 is 0 Å². The van der Waals surface area contributed by atoms with Crippen LogP contribution in [0.4, 0.5) is 4.39 Å². The van der Waals surface area contributed by atoms with E-state index >= 15 is 0 Å². The van der Waals surface area contributed by atoms with Gasteiger partial charge in [-0.1, -0.05) is 23.7 Å². The second kappa shape index (κ2) is 8.08. The molecule has 2 atom stereocenters. The summed E-state index contributed by atoms with van der Waals surface area (Å²) in [6, 6.07) is 4.55. The zero-order chi connectivity index (χ0) is 16.9. The third-order valence-corrected chi connectivity index (χ3v) is 5.01. The van der Waals surface area contributed by atoms with Crippen LogP contribution in [0.3, 0.4) is 0 Å². The summed E-state index contributed by atoms with van der Waals surface area (Å²) in [6.07, 6.45) is 3.76. The van der Waals surface area contributed by atoms with Crippen LogP contribution in [0.15, 0.2) is 18.2 Å². The molecule has 4 nitrogen and oxygen atoms in total. The number of benzene rings is 1. The Kier molecular flexibility index (Phi) is 6.39. The number of carbonyl (C=O) groups excluding carboxylic acids is 1. The molecule has 6 heteroatoms. The largest absolute Gasteiger partial charge is 0.385 e. The summed E-state index contributed by atoms with van der Waals surface area (Å²) in [5.41, 5.74) is 4.39. The van der Waals surface area contributed by atoms with Crippen LogP contribution in [-0.4, -0.2) is 24.1 Å². The van der Waals surface area contributed by atoms with E-state index in [-0.39, 0.29) is 23.3 Å². The fraction of sp³-hybridized carbons (Fsp3) is 0.588. The van der Waals surface area contributed by atoms with Gasteiger partial charge in [-0.05, 0) is 44.7 Å². The van der Waals surface area contributed by atoms with Gasteiger partial charge in [0.25, 0.3) is 0 Å². The summed E-state index contributed by atoms with van der Waals surface area (Å²) in [5.74, 6) is -0.913. The second-order valence-corrected chi connectivity index (χ2v) is 6.62. The Morgan fingerprint density at radius 1 is 1.48 bits per heavy atom. The number of hydrogen-bond acceptors (Lipinski definition) is 3. The summed E-state index contributed by atoms with van der Waals surface area (Å²) < 4.78 is 13.9. The molecule has 1 saturated heterocycles. The van der Waals surface area contributed by atoms with Crippen molar-refractivity contribution in [1.82, 2.24) is 5.32 Å². The van der Waals surface area contributed by atoms with Crippen LogP contribution in [0.25, 0.3) is 0 Å². The van der Waals surface area contributed by atoms with Gasteiger partial charge in [0.05, 0.1) is 10.6 Å². The highest BCUT2D eigenvalue weighted by Gasteiger charge is 2.40. The van der Waals surface area contributed by atoms with Crippen molar-refractivity contribution in [3.8, 4) is 0 Å². The fourth-order valence-electron chi connectivity index (χ4n) is 3.35. The number of hydrogen-bond donors (Lipinski definition) is 3. The van der Waals surface area contributed by atoms with Crippen LogP contribution in [0.5, 0.6) is 0 Å². The van der Waals surface area contributed by atoms with Crippen molar-refractivity contribution in [1.29, 1.82) is 0 Å². The topological polar surface area (TPSA) is 75.4 Å². The minimum Gasteiger partial charge on any atom is -0.385 e. The van der Waals surface area contributed by atoms with Gasteiger partial charge in [-0.3, -0.25) is 4.79 Å². The van der Waals surface area contributed by atoms with Gasteiger partial charge in [0.2, 0.25) is 5.91 Å². The summed E-state index contributed by atoms with van der Waals surface area (Å²) in [7, 11) is 0. The molecule has 128 valence electrons. The standard InChI is InChI=1S/C17H24ClFN2O2/c18-16-13(6-3-7-14(16)19)17(23,9-2-1-8-15(20)22)12-5-4-10-21-11-12/h3,6-7,12,21,23H,1-2,4-5,8-11H2,(H2,20,22)/t12-,17+/m1/s1. The smallest absolute Gasteiger partial charge is 0.217 e. The van der Waals surface area contributed by atoms with Crippen LogP contribution in [0.1, 0.15) is 44.1 Å². The number of halogens is 2. The number of amides is 1. The van der Waals surface area contributed by atoms with Crippen molar-refractivity contribution < 1.29 is 14.3 Å². The molecule has 23 heavy (non-hydrogen) atoms. The molecule has 1 heterocycles. The zero-order valence-electron chi connectivity index (χ0n) is 13.2. The van der Waals surface area contributed by atoms with Gasteiger partial charge in [-0.25, -0.2) is 4.39 Å². The Morgan fingerprint density at radius 3 is 2.91 bits per heavy atom. The molecule has 2 rings (SSSR count). The predicted molar refractivity (Wildman–Crippen MR) is 88.6 cm³/mol. The maximum absolute atomic E-state index is 13.9. The molecule has 0 unspecified atom stereocenters. The SMILES string of the molecule is NC(=O)CCCC[C@@](O)(c1cccc(F)c1Cl)[C@@H]1CCCNC1. The maximum atomic E-state index is 13.9. The number of unbranched alkanes of at least 4 members (excludes halogenated alkanes) is 1. The second-order valence-electron chi connectivity index (χ2n) is 6.24. The fourth-order valence-corrected chi connectivity index (χ4v) is 3.64. The van der Waals surface area contributed by atoms with Crippen LogP contribution in [0.2, 0.25) is 5.02 Å². The van der Waals surface area contributed by atoms with E-state index in [0.29, 0.717) is 31.4 Å². The first kappa shape index (κ1) is 18.2. The Morgan fingerprint density at radius 2 is 2.26 bits per heavy atom. The number of nitrogens with one attached hydrogen (secondary N) is 1. The lowest BCUT2D eigenvalue weighted by molar-refractivity contribution is -0.118. The van der Waals surface area contributed by atoms with Gasteiger partial charge < -0.3 is 16.2 Å². The van der Waals surface area contributed by atoms with Crippen molar-refractivity contribution in [2.45, 2.75) is 44.1 Å². The molecular weight excluding hydrogens is 319 g/mol. The van der Waals surface area contributed by atoms with Gasteiger partial charge in [-0.15, -0.1) is 0 Å². The molecule has 1 aliphatic heterocycles. The van der Waals surface area contributed by atoms with Crippen molar-refractivity contribution >= 4 is 17.5 Å². The van der Waals surface area contributed by atoms with Crippen LogP contribution < -0.4 is 11.1 Å².